The highest BCUT2D eigenvalue weighted by molar-refractivity contribution is 5.94. The van der Waals surface area contributed by atoms with E-state index in [4.69, 9.17) is 0 Å². The molecular weight excluding hydrogens is 340 g/mol. The van der Waals surface area contributed by atoms with Crippen LogP contribution in [-0.4, -0.2) is 38.4 Å². The van der Waals surface area contributed by atoms with Gasteiger partial charge in [0.1, 0.15) is 5.82 Å². The Morgan fingerprint density at radius 2 is 2.15 bits per heavy atom. The van der Waals surface area contributed by atoms with Crippen molar-refractivity contribution in [2.45, 2.75) is 32.7 Å². The SMILES string of the molecule is CCn1ccc(C(=O)N2CCCC(Cc3nc4ccccc4[nH]3)C2)cc1=O. The summed E-state index contributed by atoms with van der Waals surface area (Å²) in [4.78, 5) is 34.8. The van der Waals surface area contributed by atoms with Crippen LogP contribution in [0.25, 0.3) is 11.0 Å². The van der Waals surface area contributed by atoms with Gasteiger partial charge in [-0.05, 0) is 43.9 Å². The molecule has 4 rings (SSSR count). The first-order valence-electron chi connectivity index (χ1n) is 9.57. The van der Waals surface area contributed by atoms with Crippen molar-refractivity contribution in [3.05, 3.63) is 64.3 Å². The van der Waals surface area contributed by atoms with E-state index < -0.39 is 0 Å². The third kappa shape index (κ3) is 3.65. The number of hydrogen-bond donors (Lipinski definition) is 1. The van der Waals surface area contributed by atoms with Gasteiger partial charge in [-0.2, -0.15) is 0 Å². The normalized spacial score (nSPS) is 17.4. The zero-order valence-corrected chi connectivity index (χ0v) is 15.5. The minimum Gasteiger partial charge on any atom is -0.342 e. The summed E-state index contributed by atoms with van der Waals surface area (Å²) in [7, 11) is 0. The lowest BCUT2D eigenvalue weighted by molar-refractivity contribution is 0.0672. The fourth-order valence-electron chi connectivity index (χ4n) is 3.88. The number of aromatic nitrogens is 3. The largest absolute Gasteiger partial charge is 0.342 e. The van der Waals surface area contributed by atoms with Gasteiger partial charge in [0.2, 0.25) is 0 Å². The average Bonchev–Trinajstić information content (AvgIpc) is 3.09. The van der Waals surface area contributed by atoms with Crippen molar-refractivity contribution in [2.24, 2.45) is 5.92 Å². The Morgan fingerprint density at radius 3 is 2.93 bits per heavy atom. The van der Waals surface area contributed by atoms with Gasteiger partial charge in [-0.1, -0.05) is 12.1 Å². The molecule has 1 aromatic carbocycles. The summed E-state index contributed by atoms with van der Waals surface area (Å²) < 4.78 is 1.59. The Balaban J connectivity index is 1.46. The predicted octanol–water partition coefficient (Wildman–Crippen LogP) is 2.84. The van der Waals surface area contributed by atoms with E-state index in [1.807, 2.05) is 36.1 Å². The first-order valence-corrected chi connectivity index (χ1v) is 9.57. The maximum absolute atomic E-state index is 12.8. The van der Waals surface area contributed by atoms with Gasteiger partial charge in [-0.15, -0.1) is 0 Å². The van der Waals surface area contributed by atoms with Gasteiger partial charge < -0.3 is 14.5 Å². The molecule has 1 N–H and O–H groups in total. The van der Waals surface area contributed by atoms with E-state index in [9.17, 15) is 9.59 Å². The van der Waals surface area contributed by atoms with Gasteiger partial charge in [-0.3, -0.25) is 9.59 Å². The topological polar surface area (TPSA) is 71.0 Å². The summed E-state index contributed by atoms with van der Waals surface area (Å²) in [5.41, 5.74) is 2.38. The number of fused-ring (bicyclic) bond motifs is 1. The lowest BCUT2D eigenvalue weighted by Gasteiger charge is -2.32. The second-order valence-corrected chi connectivity index (χ2v) is 7.20. The van der Waals surface area contributed by atoms with Crippen molar-refractivity contribution in [1.82, 2.24) is 19.4 Å². The number of aryl methyl sites for hydroxylation is 1. The Morgan fingerprint density at radius 1 is 1.30 bits per heavy atom. The third-order valence-electron chi connectivity index (χ3n) is 5.31. The van der Waals surface area contributed by atoms with Crippen molar-refractivity contribution in [3.8, 4) is 0 Å². The minimum atomic E-state index is -0.126. The molecule has 1 unspecified atom stereocenters. The quantitative estimate of drug-likeness (QED) is 0.774. The number of para-hydroxylation sites is 2. The number of benzene rings is 1. The number of imidazole rings is 1. The number of pyridine rings is 1. The monoisotopic (exact) mass is 364 g/mol. The second kappa shape index (κ2) is 7.39. The molecule has 1 aliphatic rings. The molecule has 1 atom stereocenters. The van der Waals surface area contributed by atoms with E-state index in [2.05, 4.69) is 9.97 Å². The van der Waals surface area contributed by atoms with Crippen LogP contribution in [0, 0.1) is 5.92 Å². The number of aromatic amines is 1. The van der Waals surface area contributed by atoms with Crippen LogP contribution in [0.15, 0.2) is 47.4 Å². The van der Waals surface area contributed by atoms with Crippen LogP contribution >= 0.6 is 0 Å². The smallest absolute Gasteiger partial charge is 0.254 e. The van der Waals surface area contributed by atoms with Crippen LogP contribution in [0.1, 0.15) is 35.9 Å². The molecule has 1 aliphatic heterocycles. The molecule has 27 heavy (non-hydrogen) atoms. The fraction of sp³-hybridized carbons (Fsp3) is 0.381. The number of amides is 1. The van der Waals surface area contributed by atoms with Crippen molar-refractivity contribution in [2.75, 3.05) is 13.1 Å². The van der Waals surface area contributed by atoms with Gasteiger partial charge >= 0.3 is 0 Å². The zero-order chi connectivity index (χ0) is 18.8. The van der Waals surface area contributed by atoms with E-state index in [0.29, 0.717) is 24.6 Å². The van der Waals surface area contributed by atoms with Crippen LogP contribution in [-0.2, 0) is 13.0 Å². The molecule has 140 valence electrons. The Bertz CT molecular complexity index is 987. The Hall–Kier alpha value is -2.89. The van der Waals surface area contributed by atoms with Gasteiger partial charge in [0.15, 0.2) is 0 Å². The molecule has 0 spiro atoms. The summed E-state index contributed by atoms with van der Waals surface area (Å²) in [6.07, 6.45) is 4.59. The van der Waals surface area contributed by atoms with Crippen molar-refractivity contribution < 1.29 is 4.79 Å². The van der Waals surface area contributed by atoms with Gasteiger partial charge in [-0.25, -0.2) is 4.98 Å². The van der Waals surface area contributed by atoms with Crippen molar-refractivity contribution in [3.63, 3.8) is 0 Å². The second-order valence-electron chi connectivity index (χ2n) is 7.20. The van der Waals surface area contributed by atoms with Crippen molar-refractivity contribution in [1.29, 1.82) is 0 Å². The highest BCUT2D eigenvalue weighted by Gasteiger charge is 2.25. The number of likely N-dealkylation sites (tertiary alicyclic amines) is 1. The number of H-pyrrole nitrogens is 1. The number of nitrogens with one attached hydrogen (secondary N) is 1. The van der Waals surface area contributed by atoms with Gasteiger partial charge in [0, 0.05) is 43.9 Å². The van der Waals surface area contributed by atoms with Gasteiger partial charge in [0.05, 0.1) is 11.0 Å². The molecular formula is C21H24N4O2. The van der Waals surface area contributed by atoms with Crippen LogP contribution in [0.5, 0.6) is 0 Å². The summed E-state index contributed by atoms with van der Waals surface area (Å²) in [5, 5.41) is 0. The molecule has 2 aromatic heterocycles. The number of rotatable bonds is 4. The van der Waals surface area contributed by atoms with E-state index >= 15 is 0 Å². The average molecular weight is 364 g/mol. The first-order chi connectivity index (χ1) is 13.1. The van der Waals surface area contributed by atoms with Crippen LogP contribution in [0.2, 0.25) is 0 Å². The summed E-state index contributed by atoms with van der Waals surface area (Å²) in [6, 6.07) is 11.2. The Kier molecular flexibility index (Phi) is 4.79. The van der Waals surface area contributed by atoms with E-state index in [1.54, 1.807) is 16.8 Å². The number of piperidine rings is 1. The lowest BCUT2D eigenvalue weighted by Crippen LogP contribution is -2.41. The number of hydrogen-bond acceptors (Lipinski definition) is 3. The predicted molar refractivity (Wildman–Crippen MR) is 105 cm³/mol. The van der Waals surface area contributed by atoms with Crippen LogP contribution < -0.4 is 5.56 Å². The molecule has 0 radical (unpaired) electrons. The maximum atomic E-state index is 12.8. The summed E-state index contributed by atoms with van der Waals surface area (Å²) in [6.45, 7) is 3.96. The molecule has 6 nitrogen and oxygen atoms in total. The standard InChI is InChI=1S/C21H24N4O2/c1-2-24-11-9-16(13-20(24)26)21(27)25-10-5-6-15(14-25)12-19-22-17-7-3-4-8-18(17)23-19/h3-4,7-9,11,13,15H,2,5-6,10,12,14H2,1H3,(H,22,23). The molecule has 0 aliphatic carbocycles. The van der Waals surface area contributed by atoms with E-state index in [-0.39, 0.29) is 11.5 Å². The summed E-state index contributed by atoms with van der Waals surface area (Å²) in [5.74, 6) is 1.30. The highest BCUT2D eigenvalue weighted by atomic mass is 16.2. The minimum absolute atomic E-state index is 0.0512. The van der Waals surface area contributed by atoms with E-state index in [0.717, 1.165) is 42.7 Å². The fourth-order valence-corrected chi connectivity index (χ4v) is 3.88. The molecule has 1 amide bonds. The Labute approximate surface area is 157 Å². The molecule has 0 bridgehead atoms. The third-order valence-corrected chi connectivity index (χ3v) is 5.31. The lowest BCUT2D eigenvalue weighted by atomic mass is 9.94. The molecule has 1 saturated heterocycles. The number of nitrogens with zero attached hydrogens (tertiary/aromatic N) is 3. The van der Waals surface area contributed by atoms with Crippen LogP contribution in [0.3, 0.4) is 0 Å². The van der Waals surface area contributed by atoms with Gasteiger partial charge in [0.25, 0.3) is 11.5 Å². The first kappa shape index (κ1) is 17.5. The molecule has 1 fully saturated rings. The molecule has 3 aromatic rings. The van der Waals surface area contributed by atoms with Crippen LogP contribution in [0.4, 0.5) is 0 Å². The molecule has 3 heterocycles. The zero-order valence-electron chi connectivity index (χ0n) is 15.5. The van der Waals surface area contributed by atoms with Crippen molar-refractivity contribution >= 4 is 16.9 Å². The number of carbonyl (C=O) groups is 1. The maximum Gasteiger partial charge on any atom is 0.254 e. The summed E-state index contributed by atoms with van der Waals surface area (Å²) >= 11 is 0. The highest BCUT2D eigenvalue weighted by Crippen LogP contribution is 2.22. The van der Waals surface area contributed by atoms with E-state index in [1.165, 1.54) is 6.07 Å². The molecule has 6 heteroatoms. The molecule has 0 saturated carbocycles. The number of carbonyl (C=O) groups excluding carboxylic acids is 1.